The lowest BCUT2D eigenvalue weighted by Crippen LogP contribution is -2.40. The molecule has 1 aromatic rings. The molecule has 0 bridgehead atoms. The Morgan fingerprint density at radius 2 is 2.05 bits per heavy atom. The van der Waals surface area contributed by atoms with Gasteiger partial charge in [0.15, 0.2) is 0 Å². The Hall–Kier alpha value is -1.62. The molecule has 1 heterocycles. The molecule has 1 N–H and O–H groups in total. The van der Waals surface area contributed by atoms with E-state index in [2.05, 4.69) is 24.2 Å². The van der Waals surface area contributed by atoms with E-state index < -0.39 is 0 Å². The Bertz CT molecular complexity index is 494. The van der Waals surface area contributed by atoms with Crippen LogP contribution in [0.15, 0.2) is 18.2 Å². The van der Waals surface area contributed by atoms with Crippen molar-refractivity contribution in [3.8, 4) is 0 Å². The smallest absolute Gasteiger partial charge is 0.295 e. The molecule has 2 rings (SSSR count). The van der Waals surface area contributed by atoms with E-state index in [1.807, 2.05) is 6.07 Å². The maximum absolute atomic E-state index is 11.2. The third kappa shape index (κ3) is 3.28. The van der Waals surface area contributed by atoms with Crippen LogP contribution in [0, 0.1) is 22.5 Å². The van der Waals surface area contributed by atoms with Crippen LogP contribution in [0.25, 0.3) is 0 Å². The number of likely N-dealkylation sites (tertiary alicyclic amines) is 1. The summed E-state index contributed by atoms with van der Waals surface area (Å²) in [6, 6.07) is 5.44. The number of nitrogens with one attached hydrogen (secondary N) is 1. The minimum atomic E-state index is -0.297. The lowest BCUT2D eigenvalue weighted by atomic mass is 9.80. The van der Waals surface area contributed by atoms with Crippen molar-refractivity contribution in [2.75, 3.05) is 32.0 Å². The molecule has 1 saturated heterocycles. The highest BCUT2D eigenvalue weighted by molar-refractivity contribution is 5.65. The Kier molecular flexibility index (Phi) is 4.28. The van der Waals surface area contributed by atoms with Gasteiger partial charge in [-0.25, -0.2) is 0 Å². The summed E-state index contributed by atoms with van der Waals surface area (Å²) >= 11 is 0. The molecule has 0 aliphatic carbocycles. The van der Waals surface area contributed by atoms with Crippen LogP contribution in [0.2, 0.25) is 0 Å². The average molecular weight is 277 g/mol. The summed E-state index contributed by atoms with van der Waals surface area (Å²) in [5, 5.41) is 14.5. The zero-order valence-electron chi connectivity index (χ0n) is 12.5. The number of nitrogens with zero attached hydrogens (tertiary/aromatic N) is 2. The molecule has 1 aromatic carbocycles. The molecule has 110 valence electrons. The minimum Gasteiger partial charge on any atom is -0.379 e. The van der Waals surface area contributed by atoms with E-state index in [1.54, 1.807) is 19.1 Å². The molecule has 0 aromatic heterocycles. The molecule has 5 heteroatoms. The normalized spacial score (nSPS) is 18.8. The zero-order valence-corrected chi connectivity index (χ0v) is 12.5. The first kappa shape index (κ1) is 14.8. The second-order valence-corrected chi connectivity index (χ2v) is 6.20. The summed E-state index contributed by atoms with van der Waals surface area (Å²) < 4.78 is 0. The van der Waals surface area contributed by atoms with Gasteiger partial charge >= 0.3 is 0 Å². The van der Waals surface area contributed by atoms with Crippen molar-refractivity contribution in [3.63, 3.8) is 0 Å². The molecule has 5 nitrogen and oxygen atoms in total. The maximum atomic E-state index is 11.2. The molecular formula is C15H23N3O2. The molecule has 20 heavy (non-hydrogen) atoms. The van der Waals surface area contributed by atoms with E-state index in [9.17, 15) is 10.1 Å². The Morgan fingerprint density at radius 1 is 1.40 bits per heavy atom. The van der Waals surface area contributed by atoms with Gasteiger partial charge in [0.05, 0.1) is 4.92 Å². The molecule has 0 saturated carbocycles. The summed E-state index contributed by atoms with van der Waals surface area (Å²) in [6.07, 6.45) is 2.24. The first-order chi connectivity index (χ1) is 9.41. The van der Waals surface area contributed by atoms with Gasteiger partial charge in [-0.1, -0.05) is 19.1 Å². The molecule has 0 spiro atoms. The minimum absolute atomic E-state index is 0.198. The fraction of sp³-hybridized carbons (Fsp3) is 0.600. The van der Waals surface area contributed by atoms with Crippen LogP contribution in [-0.4, -0.2) is 36.5 Å². The summed E-state index contributed by atoms with van der Waals surface area (Å²) in [7, 11) is 2.14. The standard InChI is InChI=1S/C15H23N3O2/c1-12-5-4-6-13(14(12)18(19)20)16-11-15(2)7-9-17(3)10-8-15/h4-6,16H,7-11H2,1-3H3. The number of aryl methyl sites for hydroxylation is 1. The van der Waals surface area contributed by atoms with E-state index in [0.717, 1.165) is 32.5 Å². The number of nitro benzene ring substituents is 1. The maximum Gasteiger partial charge on any atom is 0.295 e. The molecular weight excluding hydrogens is 254 g/mol. The highest BCUT2D eigenvalue weighted by Gasteiger charge is 2.29. The molecule has 0 radical (unpaired) electrons. The topological polar surface area (TPSA) is 58.4 Å². The van der Waals surface area contributed by atoms with Gasteiger partial charge in [0, 0.05) is 12.1 Å². The number of rotatable bonds is 4. The van der Waals surface area contributed by atoms with Crippen molar-refractivity contribution in [2.24, 2.45) is 5.41 Å². The van der Waals surface area contributed by atoms with Gasteiger partial charge in [0.1, 0.15) is 5.69 Å². The molecule has 0 atom stereocenters. The predicted octanol–water partition coefficient (Wildman–Crippen LogP) is 3.05. The molecule has 1 aliphatic rings. The number of anilines is 1. The number of hydrogen-bond acceptors (Lipinski definition) is 4. The van der Waals surface area contributed by atoms with Gasteiger partial charge < -0.3 is 10.2 Å². The van der Waals surface area contributed by atoms with Crippen LogP contribution in [-0.2, 0) is 0 Å². The second kappa shape index (κ2) is 5.79. The van der Waals surface area contributed by atoms with Crippen LogP contribution in [0.5, 0.6) is 0 Å². The lowest BCUT2D eigenvalue weighted by Gasteiger charge is -2.38. The van der Waals surface area contributed by atoms with Crippen LogP contribution in [0.1, 0.15) is 25.3 Å². The highest BCUT2D eigenvalue weighted by atomic mass is 16.6. The first-order valence-electron chi connectivity index (χ1n) is 7.08. The van der Waals surface area contributed by atoms with Crippen LogP contribution < -0.4 is 5.32 Å². The van der Waals surface area contributed by atoms with E-state index >= 15 is 0 Å². The van der Waals surface area contributed by atoms with Crippen molar-refractivity contribution in [1.82, 2.24) is 4.90 Å². The Balaban J connectivity index is 2.08. The highest BCUT2D eigenvalue weighted by Crippen LogP contribution is 2.33. The number of para-hydroxylation sites is 1. The van der Waals surface area contributed by atoms with Gasteiger partial charge in [-0.3, -0.25) is 10.1 Å². The second-order valence-electron chi connectivity index (χ2n) is 6.20. The van der Waals surface area contributed by atoms with Crippen molar-refractivity contribution >= 4 is 11.4 Å². The fourth-order valence-electron chi connectivity index (χ4n) is 2.69. The lowest BCUT2D eigenvalue weighted by molar-refractivity contribution is -0.384. The first-order valence-corrected chi connectivity index (χ1v) is 7.08. The van der Waals surface area contributed by atoms with Gasteiger partial charge in [0.25, 0.3) is 5.69 Å². The monoisotopic (exact) mass is 277 g/mol. The van der Waals surface area contributed by atoms with Gasteiger partial charge in [-0.05, 0) is 51.4 Å². The summed E-state index contributed by atoms with van der Waals surface area (Å²) in [5.74, 6) is 0. The van der Waals surface area contributed by atoms with E-state index in [-0.39, 0.29) is 16.0 Å². The van der Waals surface area contributed by atoms with Gasteiger partial charge in [-0.15, -0.1) is 0 Å². The SMILES string of the molecule is Cc1cccc(NCC2(C)CCN(C)CC2)c1[N+](=O)[O-]. The fourth-order valence-corrected chi connectivity index (χ4v) is 2.69. The molecule has 0 unspecified atom stereocenters. The van der Waals surface area contributed by atoms with Crippen molar-refractivity contribution in [2.45, 2.75) is 26.7 Å². The number of piperidine rings is 1. The molecule has 1 fully saturated rings. The van der Waals surface area contributed by atoms with E-state index in [1.165, 1.54) is 0 Å². The quantitative estimate of drug-likeness (QED) is 0.679. The third-order valence-corrected chi connectivity index (χ3v) is 4.32. The Morgan fingerprint density at radius 3 is 2.65 bits per heavy atom. The molecule has 1 aliphatic heterocycles. The number of hydrogen-bond donors (Lipinski definition) is 1. The molecule has 0 amide bonds. The number of benzene rings is 1. The van der Waals surface area contributed by atoms with Gasteiger partial charge in [0.2, 0.25) is 0 Å². The predicted molar refractivity (Wildman–Crippen MR) is 81.2 cm³/mol. The summed E-state index contributed by atoms with van der Waals surface area (Å²) in [6.45, 7) is 7.00. The number of nitro groups is 1. The summed E-state index contributed by atoms with van der Waals surface area (Å²) in [5.41, 5.74) is 1.75. The zero-order chi connectivity index (χ0) is 14.8. The average Bonchev–Trinajstić information content (AvgIpc) is 2.40. The largest absolute Gasteiger partial charge is 0.379 e. The van der Waals surface area contributed by atoms with Gasteiger partial charge in [-0.2, -0.15) is 0 Å². The summed E-state index contributed by atoms with van der Waals surface area (Å²) in [4.78, 5) is 13.2. The van der Waals surface area contributed by atoms with E-state index in [0.29, 0.717) is 11.3 Å². The third-order valence-electron chi connectivity index (χ3n) is 4.32. The Labute approximate surface area is 120 Å². The van der Waals surface area contributed by atoms with E-state index in [4.69, 9.17) is 0 Å². The van der Waals surface area contributed by atoms with Crippen molar-refractivity contribution in [3.05, 3.63) is 33.9 Å². The van der Waals surface area contributed by atoms with Crippen molar-refractivity contribution in [1.29, 1.82) is 0 Å². The van der Waals surface area contributed by atoms with Crippen LogP contribution in [0.4, 0.5) is 11.4 Å². The van der Waals surface area contributed by atoms with Crippen LogP contribution in [0.3, 0.4) is 0 Å². The van der Waals surface area contributed by atoms with Crippen LogP contribution >= 0.6 is 0 Å². The van der Waals surface area contributed by atoms with Crippen molar-refractivity contribution < 1.29 is 4.92 Å².